The normalized spacial score (nSPS) is 12.6. The second-order valence-electron chi connectivity index (χ2n) is 6.04. The van der Waals surface area contributed by atoms with Crippen LogP contribution in [0.2, 0.25) is 5.02 Å². The van der Waals surface area contributed by atoms with Gasteiger partial charge in [0.05, 0.1) is 13.5 Å². The van der Waals surface area contributed by atoms with E-state index < -0.39 is 30.5 Å². The van der Waals surface area contributed by atoms with Crippen LogP contribution in [0.15, 0.2) is 24.3 Å². The van der Waals surface area contributed by atoms with Crippen molar-refractivity contribution in [3.05, 3.63) is 34.9 Å². The minimum atomic E-state index is -0.808. The van der Waals surface area contributed by atoms with E-state index in [9.17, 15) is 19.2 Å². The van der Waals surface area contributed by atoms with Crippen LogP contribution >= 0.6 is 11.6 Å². The average molecular weight is 398 g/mol. The minimum Gasteiger partial charge on any atom is -0.467 e. The summed E-state index contributed by atoms with van der Waals surface area (Å²) in [5.74, 6) is -2.20. The Morgan fingerprint density at radius 3 is 2.30 bits per heavy atom. The monoisotopic (exact) mass is 397 g/mol. The third-order valence-electron chi connectivity index (χ3n) is 4.07. The zero-order valence-corrected chi connectivity index (χ0v) is 16.4. The number of halogens is 1. The van der Waals surface area contributed by atoms with Crippen molar-refractivity contribution < 1.29 is 28.7 Å². The van der Waals surface area contributed by atoms with Gasteiger partial charge in [0, 0.05) is 17.0 Å². The summed E-state index contributed by atoms with van der Waals surface area (Å²) in [5, 5.41) is 3.01. The molecule has 0 bridgehead atoms. The van der Waals surface area contributed by atoms with Crippen molar-refractivity contribution in [1.29, 1.82) is 0 Å². The molecule has 7 nitrogen and oxygen atoms in total. The standard InChI is InChI=1S/C19H24ClNO6/c1-4-12(2)18(19(25)26-3)21-16(23)11-27-17(24)10-9-15(22)13-5-7-14(20)8-6-13/h5-8,12,18H,4,9-11H2,1-3H3,(H,21,23)/t12-,18-/m0/s1. The molecule has 1 aromatic rings. The van der Waals surface area contributed by atoms with E-state index in [1.807, 2.05) is 6.92 Å². The molecule has 0 spiro atoms. The Kier molecular flexibility index (Phi) is 9.50. The molecule has 0 aromatic heterocycles. The summed E-state index contributed by atoms with van der Waals surface area (Å²) in [7, 11) is 1.24. The fourth-order valence-electron chi connectivity index (χ4n) is 2.23. The van der Waals surface area contributed by atoms with Crippen LogP contribution in [0.3, 0.4) is 0 Å². The van der Waals surface area contributed by atoms with E-state index in [-0.39, 0.29) is 24.5 Å². The fourth-order valence-corrected chi connectivity index (χ4v) is 2.35. The van der Waals surface area contributed by atoms with E-state index >= 15 is 0 Å². The molecule has 0 aliphatic carbocycles. The number of nitrogens with one attached hydrogen (secondary N) is 1. The third kappa shape index (κ3) is 7.78. The van der Waals surface area contributed by atoms with Gasteiger partial charge in [-0.3, -0.25) is 14.4 Å². The molecule has 0 fully saturated rings. The van der Waals surface area contributed by atoms with Crippen molar-refractivity contribution >= 4 is 35.2 Å². The van der Waals surface area contributed by atoms with Crippen molar-refractivity contribution in [2.75, 3.05) is 13.7 Å². The van der Waals surface area contributed by atoms with Crippen LogP contribution in [0.25, 0.3) is 0 Å². The molecular formula is C19H24ClNO6. The number of Topliss-reactive ketones (excluding diaryl/α,β-unsaturated/α-hetero) is 1. The van der Waals surface area contributed by atoms with E-state index in [1.54, 1.807) is 31.2 Å². The number of carbonyl (C=O) groups is 4. The van der Waals surface area contributed by atoms with Gasteiger partial charge in [-0.05, 0) is 30.2 Å². The summed E-state index contributed by atoms with van der Waals surface area (Å²) in [6.45, 7) is 3.15. The van der Waals surface area contributed by atoms with Crippen molar-refractivity contribution in [3.63, 3.8) is 0 Å². The molecule has 2 atom stereocenters. The summed E-state index contributed by atoms with van der Waals surface area (Å²) < 4.78 is 9.53. The summed E-state index contributed by atoms with van der Waals surface area (Å²) in [4.78, 5) is 47.4. The SMILES string of the molecule is CC[C@H](C)[C@H](NC(=O)COC(=O)CCC(=O)c1ccc(Cl)cc1)C(=O)OC. The second kappa shape index (κ2) is 11.3. The molecule has 27 heavy (non-hydrogen) atoms. The first-order valence-electron chi connectivity index (χ1n) is 8.60. The quantitative estimate of drug-likeness (QED) is 0.481. The van der Waals surface area contributed by atoms with Crippen molar-refractivity contribution in [2.45, 2.75) is 39.2 Å². The molecule has 0 aliphatic rings. The Labute approximate surface area is 163 Å². The first-order chi connectivity index (χ1) is 12.8. The van der Waals surface area contributed by atoms with Gasteiger partial charge in [0.1, 0.15) is 6.04 Å². The van der Waals surface area contributed by atoms with Gasteiger partial charge in [-0.2, -0.15) is 0 Å². The molecule has 0 heterocycles. The van der Waals surface area contributed by atoms with E-state index in [0.717, 1.165) is 0 Å². The maximum atomic E-state index is 12.0. The van der Waals surface area contributed by atoms with Crippen LogP contribution < -0.4 is 5.32 Å². The van der Waals surface area contributed by atoms with Crippen LogP contribution in [-0.4, -0.2) is 43.4 Å². The van der Waals surface area contributed by atoms with Gasteiger partial charge in [0.2, 0.25) is 0 Å². The molecule has 1 rings (SSSR count). The lowest BCUT2D eigenvalue weighted by molar-refractivity contribution is -0.151. The molecule has 1 amide bonds. The molecule has 8 heteroatoms. The summed E-state index contributed by atoms with van der Waals surface area (Å²) in [6.07, 6.45) is 0.465. The van der Waals surface area contributed by atoms with Crippen LogP contribution in [0, 0.1) is 5.92 Å². The van der Waals surface area contributed by atoms with Crippen molar-refractivity contribution in [1.82, 2.24) is 5.32 Å². The first-order valence-corrected chi connectivity index (χ1v) is 8.97. The topological polar surface area (TPSA) is 98.8 Å². The number of ether oxygens (including phenoxy) is 2. The molecular weight excluding hydrogens is 374 g/mol. The Morgan fingerprint density at radius 2 is 1.74 bits per heavy atom. The zero-order valence-electron chi connectivity index (χ0n) is 15.6. The number of amides is 1. The Hall–Kier alpha value is -2.41. The highest BCUT2D eigenvalue weighted by Crippen LogP contribution is 2.12. The molecule has 1 N–H and O–H groups in total. The van der Waals surface area contributed by atoms with Gasteiger partial charge in [0.25, 0.3) is 5.91 Å². The van der Waals surface area contributed by atoms with E-state index in [0.29, 0.717) is 17.0 Å². The number of ketones is 1. The number of esters is 2. The van der Waals surface area contributed by atoms with Gasteiger partial charge < -0.3 is 14.8 Å². The lowest BCUT2D eigenvalue weighted by atomic mass is 9.99. The van der Waals surface area contributed by atoms with Crippen molar-refractivity contribution in [3.8, 4) is 0 Å². The second-order valence-corrected chi connectivity index (χ2v) is 6.48. The van der Waals surface area contributed by atoms with Crippen LogP contribution in [-0.2, 0) is 23.9 Å². The fraction of sp³-hybridized carbons (Fsp3) is 0.474. The maximum Gasteiger partial charge on any atom is 0.328 e. The number of hydrogen-bond donors (Lipinski definition) is 1. The zero-order chi connectivity index (χ0) is 20.4. The Bertz CT molecular complexity index is 673. The van der Waals surface area contributed by atoms with E-state index in [1.165, 1.54) is 7.11 Å². The Balaban J connectivity index is 2.42. The van der Waals surface area contributed by atoms with Gasteiger partial charge in [-0.1, -0.05) is 31.9 Å². The van der Waals surface area contributed by atoms with Gasteiger partial charge >= 0.3 is 11.9 Å². The molecule has 0 saturated carbocycles. The lowest BCUT2D eigenvalue weighted by Gasteiger charge is -2.21. The van der Waals surface area contributed by atoms with Crippen molar-refractivity contribution in [2.24, 2.45) is 5.92 Å². The largest absolute Gasteiger partial charge is 0.467 e. The highest BCUT2D eigenvalue weighted by atomic mass is 35.5. The third-order valence-corrected chi connectivity index (χ3v) is 4.32. The van der Waals surface area contributed by atoms with E-state index in [2.05, 4.69) is 10.1 Å². The average Bonchev–Trinajstić information content (AvgIpc) is 2.67. The number of rotatable bonds is 10. The van der Waals surface area contributed by atoms with Crippen LogP contribution in [0.4, 0.5) is 0 Å². The van der Waals surface area contributed by atoms with Gasteiger partial charge in [-0.15, -0.1) is 0 Å². The number of benzene rings is 1. The highest BCUT2D eigenvalue weighted by molar-refractivity contribution is 6.30. The molecule has 0 saturated heterocycles. The minimum absolute atomic E-state index is 0.0419. The maximum absolute atomic E-state index is 12.0. The predicted octanol–water partition coefficient (Wildman–Crippen LogP) is 2.55. The molecule has 0 aliphatic heterocycles. The summed E-state index contributed by atoms with van der Waals surface area (Å²) in [6, 6.07) is 5.52. The molecule has 148 valence electrons. The number of hydrogen-bond acceptors (Lipinski definition) is 6. The smallest absolute Gasteiger partial charge is 0.328 e. The number of carbonyl (C=O) groups excluding carboxylic acids is 4. The number of methoxy groups -OCH3 is 1. The molecule has 0 unspecified atom stereocenters. The summed E-state index contributed by atoms with van der Waals surface area (Å²) in [5.41, 5.74) is 0.444. The van der Waals surface area contributed by atoms with Gasteiger partial charge in [-0.25, -0.2) is 4.79 Å². The predicted molar refractivity (Wildman–Crippen MR) is 99.4 cm³/mol. The first kappa shape index (κ1) is 22.6. The molecule has 0 radical (unpaired) electrons. The van der Waals surface area contributed by atoms with Gasteiger partial charge in [0.15, 0.2) is 12.4 Å². The van der Waals surface area contributed by atoms with E-state index in [4.69, 9.17) is 16.3 Å². The lowest BCUT2D eigenvalue weighted by Crippen LogP contribution is -2.47. The van der Waals surface area contributed by atoms with Crippen LogP contribution in [0.5, 0.6) is 0 Å². The Morgan fingerprint density at radius 1 is 1.11 bits per heavy atom. The highest BCUT2D eigenvalue weighted by Gasteiger charge is 2.26. The summed E-state index contributed by atoms with van der Waals surface area (Å²) >= 11 is 5.76. The van der Waals surface area contributed by atoms with Crippen LogP contribution in [0.1, 0.15) is 43.5 Å². The molecule has 1 aromatic carbocycles.